The van der Waals surface area contributed by atoms with Gasteiger partial charge >= 0.3 is 6.09 Å². The van der Waals surface area contributed by atoms with Crippen LogP contribution in [0.25, 0.3) is 0 Å². The molecule has 1 aliphatic heterocycles. The molecule has 1 N–H and O–H groups in total. The molecule has 1 saturated heterocycles. The Balaban J connectivity index is 2.36. The molecule has 1 atom stereocenters. The van der Waals surface area contributed by atoms with E-state index in [1.807, 2.05) is 27.7 Å². The third-order valence-electron chi connectivity index (χ3n) is 2.79. The molecule has 0 aliphatic carbocycles. The molecule has 0 aromatic heterocycles. The molecule has 5 nitrogen and oxygen atoms in total. The van der Waals surface area contributed by atoms with Crippen LogP contribution < -0.4 is 5.48 Å². The van der Waals surface area contributed by atoms with E-state index in [0.717, 1.165) is 32.5 Å². The van der Waals surface area contributed by atoms with E-state index in [2.05, 4.69) is 5.48 Å². The largest absolute Gasteiger partial charge is 0.444 e. The Bertz CT molecular complexity index is 263. The van der Waals surface area contributed by atoms with E-state index in [1.165, 1.54) is 0 Å². The molecule has 1 unspecified atom stereocenters. The van der Waals surface area contributed by atoms with Gasteiger partial charge < -0.3 is 14.5 Å². The predicted molar refractivity (Wildman–Crippen MR) is 70.2 cm³/mol. The van der Waals surface area contributed by atoms with Crippen LogP contribution in [-0.2, 0) is 9.57 Å². The molecule has 18 heavy (non-hydrogen) atoms. The third-order valence-corrected chi connectivity index (χ3v) is 2.79. The van der Waals surface area contributed by atoms with E-state index >= 15 is 0 Å². The number of nitrogens with zero attached hydrogens (tertiary/aromatic N) is 1. The van der Waals surface area contributed by atoms with E-state index in [1.54, 1.807) is 4.90 Å². The van der Waals surface area contributed by atoms with E-state index in [-0.39, 0.29) is 6.09 Å². The lowest BCUT2D eigenvalue weighted by Gasteiger charge is -2.34. The summed E-state index contributed by atoms with van der Waals surface area (Å²) in [7, 11) is 0. The van der Waals surface area contributed by atoms with Crippen LogP contribution in [0.2, 0.25) is 0 Å². The standard InChI is InChI=1S/C13H26N2O3/c1-5-17-14-9-11-7-6-8-15(10-11)12(16)18-13(2,3)4/h11,14H,5-10H2,1-4H3. The van der Waals surface area contributed by atoms with Crippen molar-refractivity contribution in [1.82, 2.24) is 10.4 Å². The molecule has 0 bridgehead atoms. The van der Waals surface area contributed by atoms with Crippen molar-refractivity contribution < 1.29 is 14.4 Å². The lowest BCUT2D eigenvalue weighted by molar-refractivity contribution is 0.00697. The first-order valence-electron chi connectivity index (χ1n) is 6.75. The molecule has 0 saturated carbocycles. The normalized spacial score (nSPS) is 20.9. The summed E-state index contributed by atoms with van der Waals surface area (Å²) in [5.41, 5.74) is 2.51. The Kier molecular flexibility index (Phi) is 5.88. The first-order chi connectivity index (χ1) is 8.42. The number of ether oxygens (including phenoxy) is 1. The number of hydroxylamine groups is 1. The average Bonchev–Trinajstić information content (AvgIpc) is 2.27. The summed E-state index contributed by atoms with van der Waals surface area (Å²) in [5.74, 6) is 0.442. The van der Waals surface area contributed by atoms with Crippen molar-refractivity contribution in [3.8, 4) is 0 Å². The van der Waals surface area contributed by atoms with E-state index in [0.29, 0.717) is 12.5 Å². The van der Waals surface area contributed by atoms with Crippen molar-refractivity contribution in [3.05, 3.63) is 0 Å². The summed E-state index contributed by atoms with van der Waals surface area (Å²) >= 11 is 0. The maximum absolute atomic E-state index is 11.9. The fraction of sp³-hybridized carbons (Fsp3) is 0.923. The number of carbonyl (C=O) groups is 1. The van der Waals surface area contributed by atoms with Crippen LogP contribution in [0.5, 0.6) is 0 Å². The number of rotatable bonds is 4. The number of piperidine rings is 1. The van der Waals surface area contributed by atoms with Gasteiger partial charge in [-0.05, 0) is 46.5 Å². The average molecular weight is 258 g/mol. The number of carbonyl (C=O) groups excluding carboxylic acids is 1. The number of hydrogen-bond acceptors (Lipinski definition) is 4. The van der Waals surface area contributed by atoms with Crippen molar-refractivity contribution >= 4 is 6.09 Å². The van der Waals surface area contributed by atoms with Gasteiger partial charge in [0.05, 0.1) is 6.61 Å². The SMILES string of the molecule is CCONCC1CCCN(C(=O)OC(C)(C)C)C1. The Morgan fingerprint density at radius 2 is 2.17 bits per heavy atom. The van der Waals surface area contributed by atoms with Gasteiger partial charge in [-0.25, -0.2) is 10.3 Å². The van der Waals surface area contributed by atoms with E-state index in [4.69, 9.17) is 9.57 Å². The van der Waals surface area contributed by atoms with Crippen LogP contribution in [0.1, 0.15) is 40.5 Å². The van der Waals surface area contributed by atoms with Crippen LogP contribution in [0.3, 0.4) is 0 Å². The first-order valence-corrected chi connectivity index (χ1v) is 6.75. The van der Waals surface area contributed by atoms with Gasteiger partial charge in [0, 0.05) is 19.6 Å². The van der Waals surface area contributed by atoms with Gasteiger partial charge in [-0.15, -0.1) is 0 Å². The number of amides is 1. The molecule has 1 aliphatic rings. The van der Waals surface area contributed by atoms with Crippen molar-refractivity contribution in [2.24, 2.45) is 5.92 Å². The van der Waals surface area contributed by atoms with Crippen molar-refractivity contribution in [3.63, 3.8) is 0 Å². The van der Waals surface area contributed by atoms with Crippen LogP contribution in [0, 0.1) is 5.92 Å². The highest BCUT2D eigenvalue weighted by Crippen LogP contribution is 2.18. The minimum Gasteiger partial charge on any atom is -0.444 e. The van der Waals surface area contributed by atoms with Gasteiger partial charge in [0.25, 0.3) is 0 Å². The molecule has 5 heteroatoms. The highest BCUT2D eigenvalue weighted by atomic mass is 16.6. The lowest BCUT2D eigenvalue weighted by Crippen LogP contribution is -2.45. The maximum Gasteiger partial charge on any atom is 0.410 e. The van der Waals surface area contributed by atoms with Crippen LogP contribution in [-0.4, -0.2) is 42.8 Å². The molecular weight excluding hydrogens is 232 g/mol. The van der Waals surface area contributed by atoms with Crippen molar-refractivity contribution in [1.29, 1.82) is 0 Å². The Morgan fingerprint density at radius 1 is 1.44 bits per heavy atom. The minimum atomic E-state index is -0.423. The molecule has 0 radical (unpaired) electrons. The Labute approximate surface area is 110 Å². The van der Waals surface area contributed by atoms with Crippen molar-refractivity contribution in [2.75, 3.05) is 26.2 Å². The summed E-state index contributed by atoms with van der Waals surface area (Å²) in [5, 5.41) is 0. The van der Waals surface area contributed by atoms with Crippen LogP contribution in [0.15, 0.2) is 0 Å². The zero-order valence-corrected chi connectivity index (χ0v) is 12.0. The zero-order valence-electron chi connectivity index (χ0n) is 12.0. The second-order valence-electron chi connectivity index (χ2n) is 5.72. The highest BCUT2D eigenvalue weighted by molar-refractivity contribution is 5.68. The first kappa shape index (κ1) is 15.2. The van der Waals surface area contributed by atoms with E-state index < -0.39 is 5.60 Å². The molecule has 1 fully saturated rings. The fourth-order valence-electron chi connectivity index (χ4n) is 2.00. The van der Waals surface area contributed by atoms with Gasteiger partial charge in [0.15, 0.2) is 0 Å². The highest BCUT2D eigenvalue weighted by Gasteiger charge is 2.27. The van der Waals surface area contributed by atoms with Gasteiger partial charge in [-0.2, -0.15) is 0 Å². The monoisotopic (exact) mass is 258 g/mol. The molecule has 1 rings (SSSR count). The number of hydrogen-bond donors (Lipinski definition) is 1. The molecule has 106 valence electrons. The van der Waals surface area contributed by atoms with Crippen LogP contribution in [0.4, 0.5) is 4.79 Å². The maximum atomic E-state index is 11.9. The predicted octanol–water partition coefficient (Wildman–Crippen LogP) is 2.17. The quantitative estimate of drug-likeness (QED) is 0.620. The molecule has 1 heterocycles. The summed E-state index contributed by atoms with van der Waals surface area (Å²) in [6.45, 7) is 10.6. The topological polar surface area (TPSA) is 50.8 Å². The zero-order chi connectivity index (χ0) is 13.6. The molecular formula is C13H26N2O3. The number of likely N-dealkylation sites (tertiary alicyclic amines) is 1. The summed E-state index contributed by atoms with van der Waals surface area (Å²) in [6, 6.07) is 0. The number of nitrogens with one attached hydrogen (secondary N) is 1. The second-order valence-corrected chi connectivity index (χ2v) is 5.72. The summed E-state index contributed by atoms with van der Waals surface area (Å²) < 4.78 is 5.39. The van der Waals surface area contributed by atoms with Crippen LogP contribution >= 0.6 is 0 Å². The van der Waals surface area contributed by atoms with Gasteiger partial charge in [-0.3, -0.25) is 0 Å². The lowest BCUT2D eigenvalue weighted by atomic mass is 9.99. The van der Waals surface area contributed by atoms with Gasteiger partial charge in [0.1, 0.15) is 5.60 Å². The Morgan fingerprint density at radius 3 is 2.78 bits per heavy atom. The Hall–Kier alpha value is -0.810. The van der Waals surface area contributed by atoms with Gasteiger partial charge in [-0.1, -0.05) is 0 Å². The molecule has 0 aromatic carbocycles. The van der Waals surface area contributed by atoms with Crippen molar-refractivity contribution in [2.45, 2.75) is 46.1 Å². The minimum absolute atomic E-state index is 0.205. The fourth-order valence-corrected chi connectivity index (χ4v) is 2.00. The molecule has 1 amide bonds. The smallest absolute Gasteiger partial charge is 0.410 e. The second kappa shape index (κ2) is 6.95. The van der Waals surface area contributed by atoms with Gasteiger partial charge in [0.2, 0.25) is 0 Å². The summed E-state index contributed by atoms with van der Waals surface area (Å²) in [4.78, 5) is 18.9. The third kappa shape index (κ3) is 5.69. The summed E-state index contributed by atoms with van der Waals surface area (Å²) in [6.07, 6.45) is 1.94. The molecule has 0 spiro atoms. The molecule has 0 aromatic rings. The van der Waals surface area contributed by atoms with E-state index in [9.17, 15) is 4.79 Å².